The van der Waals surface area contributed by atoms with Crippen molar-refractivity contribution in [2.24, 2.45) is 0 Å². The van der Waals surface area contributed by atoms with Crippen molar-refractivity contribution in [1.82, 2.24) is 19.7 Å². The first kappa shape index (κ1) is 15.4. The molecule has 0 aliphatic carbocycles. The average molecular weight is 352 g/mol. The molecule has 0 saturated heterocycles. The van der Waals surface area contributed by atoms with E-state index in [9.17, 15) is 0 Å². The summed E-state index contributed by atoms with van der Waals surface area (Å²) in [5.41, 5.74) is 2.47. The van der Waals surface area contributed by atoms with Crippen LogP contribution < -0.4 is 10.1 Å². The molecule has 0 amide bonds. The zero-order valence-corrected chi connectivity index (χ0v) is 14.1. The Bertz CT molecular complexity index is 1030. The number of para-hydroxylation sites is 1. The van der Waals surface area contributed by atoms with Gasteiger partial charge in [0.2, 0.25) is 0 Å². The lowest BCUT2D eigenvalue weighted by molar-refractivity contribution is 0.415. The molecule has 0 atom stereocenters. The highest BCUT2D eigenvalue weighted by molar-refractivity contribution is 6.32. The summed E-state index contributed by atoms with van der Waals surface area (Å²) in [6, 6.07) is 15.3. The van der Waals surface area contributed by atoms with E-state index in [1.54, 1.807) is 30.1 Å². The van der Waals surface area contributed by atoms with Crippen LogP contribution in [-0.4, -0.2) is 26.9 Å². The smallest absolute Gasteiger partial charge is 0.168 e. The van der Waals surface area contributed by atoms with Gasteiger partial charge >= 0.3 is 0 Å². The maximum absolute atomic E-state index is 6.18. The molecule has 6 nitrogen and oxygen atoms in total. The number of nitrogens with zero attached hydrogens (tertiary/aromatic N) is 4. The van der Waals surface area contributed by atoms with Gasteiger partial charge in [0, 0.05) is 5.69 Å². The summed E-state index contributed by atoms with van der Waals surface area (Å²) >= 11 is 6.18. The number of methoxy groups -OCH3 is 1. The second-order valence-corrected chi connectivity index (χ2v) is 5.73. The lowest BCUT2D eigenvalue weighted by atomic mass is 10.3. The van der Waals surface area contributed by atoms with Gasteiger partial charge in [-0.1, -0.05) is 29.8 Å². The number of fused-ring (bicyclic) bond motifs is 1. The van der Waals surface area contributed by atoms with Crippen molar-refractivity contribution in [3.8, 4) is 11.4 Å². The summed E-state index contributed by atoms with van der Waals surface area (Å²) < 4.78 is 6.95. The summed E-state index contributed by atoms with van der Waals surface area (Å²) in [6.45, 7) is 0. The first-order chi connectivity index (χ1) is 12.3. The molecule has 0 aliphatic rings. The Morgan fingerprint density at radius 1 is 1.08 bits per heavy atom. The second-order valence-electron chi connectivity index (χ2n) is 5.33. The first-order valence-corrected chi connectivity index (χ1v) is 7.99. The van der Waals surface area contributed by atoms with Crippen molar-refractivity contribution < 1.29 is 4.74 Å². The normalized spacial score (nSPS) is 10.8. The third kappa shape index (κ3) is 2.88. The van der Waals surface area contributed by atoms with Crippen LogP contribution in [-0.2, 0) is 0 Å². The molecule has 2 aromatic carbocycles. The third-order valence-electron chi connectivity index (χ3n) is 3.78. The van der Waals surface area contributed by atoms with Gasteiger partial charge in [0.05, 0.1) is 29.4 Å². The van der Waals surface area contributed by atoms with Crippen molar-refractivity contribution in [1.29, 1.82) is 0 Å². The van der Waals surface area contributed by atoms with Crippen LogP contribution >= 0.6 is 11.6 Å². The lowest BCUT2D eigenvalue weighted by Crippen LogP contribution is -1.99. The molecular weight excluding hydrogens is 338 g/mol. The molecule has 0 radical (unpaired) electrons. The van der Waals surface area contributed by atoms with E-state index in [2.05, 4.69) is 20.4 Å². The minimum absolute atomic E-state index is 0.526. The van der Waals surface area contributed by atoms with Crippen molar-refractivity contribution >= 4 is 34.1 Å². The van der Waals surface area contributed by atoms with Crippen molar-refractivity contribution in [2.75, 3.05) is 12.4 Å². The van der Waals surface area contributed by atoms with Gasteiger partial charge < -0.3 is 10.1 Å². The number of ether oxygens (including phenoxy) is 1. The lowest BCUT2D eigenvalue weighted by Gasteiger charge is -2.09. The Kier molecular flexibility index (Phi) is 3.95. The average Bonchev–Trinajstić information content (AvgIpc) is 3.08. The summed E-state index contributed by atoms with van der Waals surface area (Å²) in [5.74, 6) is 1.28. The zero-order chi connectivity index (χ0) is 17.2. The molecule has 0 unspecified atom stereocenters. The summed E-state index contributed by atoms with van der Waals surface area (Å²) in [5, 5.41) is 9.04. The zero-order valence-electron chi connectivity index (χ0n) is 13.3. The van der Waals surface area contributed by atoms with Gasteiger partial charge in [-0.25, -0.2) is 14.6 Å². The number of benzene rings is 2. The largest absolute Gasteiger partial charge is 0.495 e. The number of anilines is 2. The predicted molar refractivity (Wildman–Crippen MR) is 97.9 cm³/mol. The van der Waals surface area contributed by atoms with E-state index in [-0.39, 0.29) is 0 Å². The molecule has 4 rings (SSSR count). The second kappa shape index (κ2) is 6.41. The minimum atomic E-state index is 0.526. The molecule has 7 heteroatoms. The van der Waals surface area contributed by atoms with Crippen LogP contribution in [0.2, 0.25) is 5.02 Å². The Balaban J connectivity index is 1.74. The molecule has 0 fully saturated rings. The number of nitrogens with one attached hydrogen (secondary N) is 1. The molecule has 25 heavy (non-hydrogen) atoms. The molecule has 0 aliphatic heterocycles. The molecule has 1 N–H and O–H groups in total. The van der Waals surface area contributed by atoms with Crippen LogP contribution in [0.15, 0.2) is 61.1 Å². The van der Waals surface area contributed by atoms with Crippen molar-refractivity contribution in [2.45, 2.75) is 0 Å². The Morgan fingerprint density at radius 2 is 1.92 bits per heavy atom. The molecule has 2 aromatic heterocycles. The van der Waals surface area contributed by atoms with E-state index in [4.69, 9.17) is 16.3 Å². The number of aromatic nitrogens is 4. The SMILES string of the molecule is COc1ccc(Nc2ncnc3c2cnn3-c2ccccc2)cc1Cl. The molecule has 4 aromatic rings. The monoisotopic (exact) mass is 351 g/mol. The highest BCUT2D eigenvalue weighted by atomic mass is 35.5. The van der Waals surface area contributed by atoms with Gasteiger partial charge in [0.1, 0.15) is 17.9 Å². The molecule has 2 heterocycles. The number of rotatable bonds is 4. The van der Waals surface area contributed by atoms with Gasteiger partial charge in [-0.3, -0.25) is 0 Å². The van der Waals surface area contributed by atoms with E-state index in [0.717, 1.165) is 22.4 Å². The topological polar surface area (TPSA) is 64.9 Å². The predicted octanol–water partition coefficient (Wildman–Crippen LogP) is 4.22. The Hall–Kier alpha value is -3.12. The Morgan fingerprint density at radius 3 is 2.68 bits per heavy atom. The van der Waals surface area contributed by atoms with Crippen LogP contribution in [0.3, 0.4) is 0 Å². The maximum Gasteiger partial charge on any atom is 0.168 e. The van der Waals surface area contributed by atoms with Crippen LogP contribution in [0.25, 0.3) is 16.7 Å². The fourth-order valence-corrected chi connectivity index (χ4v) is 2.84. The summed E-state index contributed by atoms with van der Waals surface area (Å²) in [4.78, 5) is 8.70. The van der Waals surface area contributed by atoms with Gasteiger partial charge in [-0.15, -0.1) is 0 Å². The van der Waals surface area contributed by atoms with Crippen LogP contribution in [0.1, 0.15) is 0 Å². The van der Waals surface area contributed by atoms with E-state index in [0.29, 0.717) is 16.6 Å². The quantitative estimate of drug-likeness (QED) is 0.596. The van der Waals surface area contributed by atoms with Gasteiger partial charge in [0.15, 0.2) is 5.65 Å². The van der Waals surface area contributed by atoms with Crippen LogP contribution in [0.4, 0.5) is 11.5 Å². The van der Waals surface area contributed by atoms with E-state index in [1.807, 2.05) is 36.4 Å². The minimum Gasteiger partial charge on any atom is -0.495 e. The fourth-order valence-electron chi connectivity index (χ4n) is 2.58. The van der Waals surface area contributed by atoms with Crippen molar-refractivity contribution in [3.63, 3.8) is 0 Å². The number of hydrogen-bond donors (Lipinski definition) is 1. The van der Waals surface area contributed by atoms with Gasteiger partial charge in [0.25, 0.3) is 0 Å². The molecule has 0 bridgehead atoms. The number of halogens is 1. The highest BCUT2D eigenvalue weighted by Crippen LogP contribution is 2.30. The fraction of sp³-hybridized carbons (Fsp3) is 0.0556. The van der Waals surface area contributed by atoms with E-state index < -0.39 is 0 Å². The molecular formula is C18H14ClN5O. The van der Waals surface area contributed by atoms with Crippen molar-refractivity contribution in [3.05, 3.63) is 66.1 Å². The number of hydrogen-bond acceptors (Lipinski definition) is 5. The van der Waals surface area contributed by atoms with E-state index >= 15 is 0 Å². The maximum atomic E-state index is 6.18. The van der Waals surface area contributed by atoms with Gasteiger partial charge in [-0.2, -0.15) is 5.10 Å². The summed E-state index contributed by atoms with van der Waals surface area (Å²) in [7, 11) is 1.58. The van der Waals surface area contributed by atoms with Crippen LogP contribution in [0.5, 0.6) is 5.75 Å². The molecule has 0 saturated carbocycles. The van der Waals surface area contributed by atoms with Crippen LogP contribution in [0, 0.1) is 0 Å². The standard InChI is InChI=1S/C18H14ClN5O/c1-25-16-8-7-12(9-15(16)19)23-17-14-10-22-24(18(14)21-11-20-17)13-5-3-2-4-6-13/h2-11H,1H3,(H,20,21,23). The first-order valence-electron chi connectivity index (χ1n) is 7.61. The third-order valence-corrected chi connectivity index (χ3v) is 4.08. The van der Waals surface area contributed by atoms with Gasteiger partial charge in [-0.05, 0) is 30.3 Å². The Labute approximate surface area is 149 Å². The molecule has 124 valence electrons. The summed E-state index contributed by atoms with van der Waals surface area (Å²) in [6.07, 6.45) is 3.26. The molecule has 0 spiro atoms. The van der Waals surface area contributed by atoms with E-state index in [1.165, 1.54) is 6.33 Å². The highest BCUT2D eigenvalue weighted by Gasteiger charge is 2.11.